The van der Waals surface area contributed by atoms with Crippen LogP contribution in [-0.4, -0.2) is 11.1 Å². The molecule has 2 aromatic rings. The molecule has 2 saturated carbocycles. The number of aryl methyl sites for hydroxylation is 2. The average molecular weight is 382 g/mol. The number of nitrogens with one attached hydrogen (secondary N) is 1. The number of carboxylic acid groups (broad SMARTS) is 1. The van der Waals surface area contributed by atoms with Crippen LogP contribution in [-0.2, 0) is 0 Å². The molecular formula is C23H24ClNO2. The molecule has 2 N–H and O–H groups in total. The van der Waals surface area contributed by atoms with Crippen LogP contribution in [0, 0.1) is 31.6 Å². The van der Waals surface area contributed by atoms with Crippen LogP contribution in [0.5, 0.6) is 0 Å². The van der Waals surface area contributed by atoms with Crippen molar-refractivity contribution in [3.63, 3.8) is 0 Å². The Balaban J connectivity index is 1.72. The normalized spacial score (nSPS) is 30.6. The first-order valence-electron chi connectivity index (χ1n) is 9.84. The number of carbonyl (C=O) groups is 1. The molecule has 5 atom stereocenters. The Bertz CT molecular complexity index is 954. The van der Waals surface area contributed by atoms with Crippen LogP contribution in [0.3, 0.4) is 0 Å². The lowest BCUT2D eigenvalue weighted by Crippen LogP contribution is -2.36. The van der Waals surface area contributed by atoms with Crippen molar-refractivity contribution in [2.75, 3.05) is 5.32 Å². The minimum atomic E-state index is -0.914. The van der Waals surface area contributed by atoms with E-state index in [1.165, 1.54) is 36.0 Å². The third kappa shape index (κ3) is 2.51. The predicted molar refractivity (Wildman–Crippen MR) is 108 cm³/mol. The number of hydrogen-bond donors (Lipinski definition) is 2. The molecule has 3 aliphatic rings. The molecule has 0 amide bonds. The van der Waals surface area contributed by atoms with Gasteiger partial charge in [0.05, 0.1) is 17.3 Å². The summed E-state index contributed by atoms with van der Waals surface area (Å²) < 4.78 is 0. The van der Waals surface area contributed by atoms with Crippen molar-refractivity contribution in [3.05, 3.63) is 63.2 Å². The highest BCUT2D eigenvalue weighted by Crippen LogP contribution is 2.64. The molecule has 2 bridgehead atoms. The van der Waals surface area contributed by atoms with Crippen molar-refractivity contribution in [2.24, 2.45) is 17.8 Å². The summed E-state index contributed by atoms with van der Waals surface area (Å²) in [5.41, 5.74) is 6.04. The maximum absolute atomic E-state index is 11.9. The summed E-state index contributed by atoms with van der Waals surface area (Å²) in [6, 6.07) is 10.4. The lowest BCUT2D eigenvalue weighted by atomic mass is 9.67. The SMILES string of the molecule is Cc1ccc(C)c([C@H]2Nc3c(C(=O)O)cc(Cl)cc3[C@H]3[C@H]4CC[C@@H](C4)[C@@H]32)c1. The Morgan fingerprint density at radius 1 is 1.11 bits per heavy atom. The maximum Gasteiger partial charge on any atom is 0.337 e. The Morgan fingerprint density at radius 3 is 2.67 bits per heavy atom. The van der Waals surface area contributed by atoms with Gasteiger partial charge >= 0.3 is 5.97 Å². The highest BCUT2D eigenvalue weighted by molar-refractivity contribution is 6.31. The predicted octanol–water partition coefficient (Wildman–Crippen LogP) is 5.95. The summed E-state index contributed by atoms with van der Waals surface area (Å²) in [7, 11) is 0. The Labute approximate surface area is 164 Å². The molecule has 0 radical (unpaired) electrons. The van der Waals surface area contributed by atoms with Crippen LogP contribution in [0.2, 0.25) is 5.02 Å². The zero-order chi connectivity index (χ0) is 18.9. The van der Waals surface area contributed by atoms with E-state index in [-0.39, 0.29) is 6.04 Å². The number of fused-ring (bicyclic) bond motifs is 7. The molecule has 0 aromatic heterocycles. The van der Waals surface area contributed by atoms with Crippen molar-refractivity contribution in [1.82, 2.24) is 0 Å². The first kappa shape index (κ1) is 17.1. The van der Waals surface area contributed by atoms with E-state index in [2.05, 4.69) is 37.4 Å². The van der Waals surface area contributed by atoms with Gasteiger partial charge in [0.2, 0.25) is 0 Å². The lowest BCUT2D eigenvalue weighted by Gasteiger charge is -2.44. The topological polar surface area (TPSA) is 49.3 Å². The highest BCUT2D eigenvalue weighted by atomic mass is 35.5. The first-order valence-corrected chi connectivity index (χ1v) is 10.2. The number of anilines is 1. The molecule has 0 spiro atoms. The van der Waals surface area contributed by atoms with E-state index in [1.54, 1.807) is 6.07 Å². The molecule has 3 nitrogen and oxygen atoms in total. The molecule has 2 aliphatic carbocycles. The van der Waals surface area contributed by atoms with Gasteiger partial charge < -0.3 is 10.4 Å². The summed E-state index contributed by atoms with van der Waals surface area (Å²) in [6.07, 6.45) is 3.79. The van der Waals surface area contributed by atoms with Crippen molar-refractivity contribution >= 4 is 23.3 Å². The molecule has 140 valence electrons. The summed E-state index contributed by atoms with van der Waals surface area (Å²) >= 11 is 6.33. The van der Waals surface area contributed by atoms with Gasteiger partial charge in [-0.1, -0.05) is 35.4 Å². The van der Waals surface area contributed by atoms with Crippen LogP contribution in [0.15, 0.2) is 30.3 Å². The molecule has 1 aliphatic heterocycles. The van der Waals surface area contributed by atoms with Gasteiger partial charge in [0.15, 0.2) is 0 Å². The van der Waals surface area contributed by atoms with E-state index >= 15 is 0 Å². The molecule has 0 unspecified atom stereocenters. The summed E-state index contributed by atoms with van der Waals surface area (Å²) in [5.74, 6) is 1.35. The first-order chi connectivity index (χ1) is 12.9. The van der Waals surface area contributed by atoms with Gasteiger partial charge in [-0.15, -0.1) is 0 Å². The molecule has 0 saturated heterocycles. The second-order valence-electron chi connectivity index (χ2n) is 8.64. The molecule has 4 heteroatoms. The molecule has 2 fully saturated rings. The van der Waals surface area contributed by atoms with E-state index in [9.17, 15) is 9.90 Å². The second-order valence-corrected chi connectivity index (χ2v) is 9.08. The number of hydrogen-bond acceptors (Lipinski definition) is 2. The standard InChI is InChI=1S/C23H24ClNO2/c1-11-3-4-12(2)16(7-11)22-20-14-6-5-13(8-14)19(20)17-9-15(24)10-18(23(26)27)21(17)25-22/h3-4,7,9-10,13-14,19-20,22,25H,5-6,8H2,1-2H3,(H,26,27)/t13-,14-,19+,20-,22+/m0/s1. The van der Waals surface area contributed by atoms with Crippen LogP contribution >= 0.6 is 11.6 Å². The van der Waals surface area contributed by atoms with Crippen molar-refractivity contribution < 1.29 is 9.90 Å². The van der Waals surface area contributed by atoms with E-state index < -0.39 is 5.97 Å². The quantitative estimate of drug-likeness (QED) is 0.675. The fourth-order valence-electron chi connectivity index (χ4n) is 6.13. The number of aromatic carboxylic acids is 1. The Hall–Kier alpha value is -2.00. The lowest BCUT2D eigenvalue weighted by molar-refractivity contribution is 0.0697. The highest BCUT2D eigenvalue weighted by Gasteiger charge is 2.54. The fraction of sp³-hybridized carbons (Fsp3) is 0.435. The van der Waals surface area contributed by atoms with Gasteiger partial charge in [0, 0.05) is 5.02 Å². The van der Waals surface area contributed by atoms with Gasteiger partial charge in [-0.25, -0.2) is 4.79 Å². The third-order valence-corrected chi connectivity index (χ3v) is 7.38. The number of carboxylic acids is 1. The molecule has 5 rings (SSSR count). The van der Waals surface area contributed by atoms with E-state index in [1.807, 2.05) is 6.07 Å². The van der Waals surface area contributed by atoms with Crippen LogP contribution in [0.1, 0.15) is 63.8 Å². The molecule has 27 heavy (non-hydrogen) atoms. The minimum Gasteiger partial charge on any atom is -0.478 e. The van der Waals surface area contributed by atoms with Crippen LogP contribution < -0.4 is 5.32 Å². The van der Waals surface area contributed by atoms with Gasteiger partial charge in [0.25, 0.3) is 0 Å². The van der Waals surface area contributed by atoms with E-state index in [0.717, 1.165) is 11.3 Å². The molecule has 2 aromatic carbocycles. The summed E-state index contributed by atoms with van der Waals surface area (Å²) in [4.78, 5) is 11.9. The van der Waals surface area contributed by atoms with Crippen molar-refractivity contribution in [3.8, 4) is 0 Å². The summed E-state index contributed by atoms with van der Waals surface area (Å²) in [6.45, 7) is 4.29. The number of rotatable bonds is 2. The minimum absolute atomic E-state index is 0.164. The van der Waals surface area contributed by atoms with Gasteiger partial charge in [-0.05, 0) is 85.6 Å². The van der Waals surface area contributed by atoms with E-state index in [4.69, 9.17) is 11.6 Å². The summed E-state index contributed by atoms with van der Waals surface area (Å²) in [5, 5.41) is 14.0. The zero-order valence-electron chi connectivity index (χ0n) is 15.6. The van der Waals surface area contributed by atoms with E-state index in [0.29, 0.717) is 34.3 Å². The molecular weight excluding hydrogens is 358 g/mol. The second kappa shape index (κ2) is 6.00. The van der Waals surface area contributed by atoms with Gasteiger partial charge in [-0.2, -0.15) is 0 Å². The zero-order valence-corrected chi connectivity index (χ0v) is 16.4. The van der Waals surface area contributed by atoms with Crippen molar-refractivity contribution in [1.29, 1.82) is 0 Å². The van der Waals surface area contributed by atoms with Crippen molar-refractivity contribution in [2.45, 2.75) is 45.1 Å². The number of benzene rings is 2. The average Bonchev–Trinajstić information content (AvgIpc) is 3.25. The Morgan fingerprint density at radius 2 is 1.89 bits per heavy atom. The largest absolute Gasteiger partial charge is 0.478 e. The Kier molecular flexibility index (Phi) is 3.80. The van der Waals surface area contributed by atoms with Crippen LogP contribution in [0.25, 0.3) is 0 Å². The third-order valence-electron chi connectivity index (χ3n) is 7.16. The smallest absolute Gasteiger partial charge is 0.337 e. The van der Waals surface area contributed by atoms with Gasteiger partial charge in [-0.3, -0.25) is 0 Å². The van der Waals surface area contributed by atoms with Crippen LogP contribution in [0.4, 0.5) is 5.69 Å². The monoisotopic (exact) mass is 381 g/mol. The van der Waals surface area contributed by atoms with Gasteiger partial charge in [0.1, 0.15) is 0 Å². The number of halogens is 1. The maximum atomic E-state index is 11.9. The molecule has 1 heterocycles. The fourth-order valence-corrected chi connectivity index (χ4v) is 6.36.